The number of nitrogens with one attached hydrogen (secondary N) is 7. The normalized spacial score (nSPS) is 37.7. The highest BCUT2D eigenvalue weighted by atomic mass is 16.3. The van der Waals surface area contributed by atoms with Gasteiger partial charge in [0.25, 0.3) is 0 Å². The average molecular weight is 578 g/mol. The number of aliphatic hydroxyl groups excluding tert-OH is 1. The summed E-state index contributed by atoms with van der Waals surface area (Å²) >= 11 is 0. The van der Waals surface area contributed by atoms with Crippen molar-refractivity contribution in [3.63, 3.8) is 0 Å². The number of carbonyl (C=O) groups excluding carboxylic acids is 1. The first-order valence-corrected chi connectivity index (χ1v) is 16.9. The van der Waals surface area contributed by atoms with Gasteiger partial charge in [0.2, 0.25) is 5.91 Å². The van der Waals surface area contributed by atoms with Crippen LogP contribution in [0.5, 0.6) is 0 Å². The van der Waals surface area contributed by atoms with Gasteiger partial charge in [-0.3, -0.25) is 19.9 Å². The predicted molar refractivity (Wildman–Crippen MR) is 163 cm³/mol. The van der Waals surface area contributed by atoms with Crippen LogP contribution < -0.4 is 37.4 Å². The topological polar surface area (TPSA) is 128 Å². The summed E-state index contributed by atoms with van der Waals surface area (Å²) in [5.41, 5.74) is 7.23. The van der Waals surface area contributed by atoms with E-state index in [-0.39, 0.29) is 30.8 Å². The molecule has 11 nitrogen and oxygen atoms in total. The molecule has 0 aromatic heterocycles. The molecule has 11 heteroatoms. The number of aliphatic hydroxyl groups is 1. The van der Waals surface area contributed by atoms with Crippen LogP contribution in [-0.4, -0.2) is 117 Å². The van der Waals surface area contributed by atoms with Crippen molar-refractivity contribution in [2.24, 2.45) is 17.8 Å². The lowest BCUT2D eigenvalue weighted by Crippen LogP contribution is -2.60. The second-order valence-corrected chi connectivity index (χ2v) is 13.3. The van der Waals surface area contributed by atoms with E-state index >= 15 is 0 Å². The predicted octanol–water partition coefficient (Wildman–Crippen LogP) is -0.295. The fraction of sp³-hybridized carbons (Fsp3) is 0.967. The van der Waals surface area contributed by atoms with Gasteiger partial charge >= 0.3 is 0 Å². The Labute approximate surface area is 248 Å². The van der Waals surface area contributed by atoms with Gasteiger partial charge in [-0.25, -0.2) is 10.9 Å². The summed E-state index contributed by atoms with van der Waals surface area (Å²) in [4.78, 5) is 18.3. The van der Waals surface area contributed by atoms with E-state index in [1.165, 1.54) is 25.7 Å². The molecular weight excluding hydrogens is 518 g/mol. The standard InChI is InChI=1S/C30H59N9O2/c1-2-22-17-31-11-9-24(22)18-34-30(41)23-6-5-7-25(16-23)33-19-28-36-37-29(27-10-12-32-21-35-27)39(28)15-14-38-13-4-3-8-26(38)20-40/h22-29,31-33,35-37,40H,2-21H2,1H3,(H,34,41). The second-order valence-electron chi connectivity index (χ2n) is 13.3. The maximum atomic E-state index is 13.2. The van der Waals surface area contributed by atoms with Crippen LogP contribution in [0.4, 0.5) is 0 Å². The van der Waals surface area contributed by atoms with Gasteiger partial charge in [0.15, 0.2) is 0 Å². The number of carbonyl (C=O) groups is 1. The minimum Gasteiger partial charge on any atom is -0.395 e. The molecule has 1 saturated carbocycles. The van der Waals surface area contributed by atoms with Crippen LogP contribution in [0.25, 0.3) is 0 Å². The highest BCUT2D eigenvalue weighted by molar-refractivity contribution is 5.78. The summed E-state index contributed by atoms with van der Waals surface area (Å²) in [7, 11) is 0. The lowest BCUT2D eigenvalue weighted by atomic mass is 9.83. The van der Waals surface area contributed by atoms with Gasteiger partial charge in [0.1, 0.15) is 0 Å². The third-order valence-corrected chi connectivity index (χ3v) is 10.7. The molecule has 1 amide bonds. The number of piperidine rings is 2. The monoisotopic (exact) mass is 577 g/mol. The van der Waals surface area contributed by atoms with Gasteiger partial charge in [-0.2, -0.15) is 0 Å². The molecule has 0 spiro atoms. The fourth-order valence-electron chi connectivity index (χ4n) is 8.05. The summed E-state index contributed by atoms with van der Waals surface area (Å²) in [6.07, 6.45) is 11.6. The number of likely N-dealkylation sites (tertiary alicyclic amines) is 1. The Kier molecular flexibility index (Phi) is 12.5. The van der Waals surface area contributed by atoms with Crippen molar-refractivity contribution >= 4 is 5.91 Å². The van der Waals surface area contributed by atoms with E-state index in [0.717, 1.165) is 97.6 Å². The lowest BCUT2D eigenvalue weighted by molar-refractivity contribution is -0.126. The van der Waals surface area contributed by atoms with Crippen molar-refractivity contribution in [2.75, 3.05) is 65.6 Å². The Morgan fingerprint density at radius 2 is 1.85 bits per heavy atom. The van der Waals surface area contributed by atoms with E-state index in [1.54, 1.807) is 0 Å². The Bertz CT molecular complexity index is 785. The van der Waals surface area contributed by atoms with E-state index < -0.39 is 0 Å². The molecule has 8 N–H and O–H groups in total. The molecule has 4 aliphatic heterocycles. The van der Waals surface area contributed by atoms with Crippen molar-refractivity contribution in [2.45, 2.75) is 102 Å². The van der Waals surface area contributed by atoms with E-state index in [2.05, 4.69) is 54.2 Å². The first kappa shape index (κ1) is 31.5. The van der Waals surface area contributed by atoms with Crippen LogP contribution in [0.3, 0.4) is 0 Å². The quantitative estimate of drug-likeness (QED) is 0.157. The molecule has 0 bridgehead atoms. The number of rotatable bonds is 12. The summed E-state index contributed by atoms with van der Waals surface area (Å²) in [6.45, 7) is 11.3. The summed E-state index contributed by atoms with van der Waals surface area (Å²) in [6, 6.07) is 1.06. The lowest BCUT2D eigenvalue weighted by Gasteiger charge is -2.39. The maximum absolute atomic E-state index is 13.2. The molecule has 5 aliphatic rings. The van der Waals surface area contributed by atoms with Gasteiger partial charge in [-0.05, 0) is 83.0 Å². The maximum Gasteiger partial charge on any atom is 0.223 e. The molecule has 4 saturated heterocycles. The second kappa shape index (κ2) is 16.3. The molecule has 41 heavy (non-hydrogen) atoms. The summed E-state index contributed by atoms with van der Waals surface area (Å²) in [5, 5.41) is 27.7. The van der Waals surface area contributed by atoms with E-state index in [9.17, 15) is 9.90 Å². The molecule has 0 aromatic rings. The number of hydrogen-bond acceptors (Lipinski definition) is 10. The molecule has 8 unspecified atom stereocenters. The Morgan fingerprint density at radius 1 is 0.951 bits per heavy atom. The van der Waals surface area contributed by atoms with E-state index in [0.29, 0.717) is 30.0 Å². The van der Waals surface area contributed by atoms with Gasteiger partial charge < -0.3 is 26.4 Å². The summed E-state index contributed by atoms with van der Waals surface area (Å²) < 4.78 is 0. The molecule has 5 rings (SSSR count). The van der Waals surface area contributed by atoms with Crippen LogP contribution in [-0.2, 0) is 4.79 Å². The number of amides is 1. The Morgan fingerprint density at radius 3 is 2.68 bits per heavy atom. The first-order chi connectivity index (χ1) is 20.2. The highest BCUT2D eigenvalue weighted by Gasteiger charge is 2.39. The van der Waals surface area contributed by atoms with Crippen LogP contribution in [0.1, 0.15) is 71.1 Å². The Balaban J connectivity index is 1.12. The van der Waals surface area contributed by atoms with Crippen molar-refractivity contribution in [3.8, 4) is 0 Å². The fourth-order valence-corrected chi connectivity index (χ4v) is 8.05. The first-order valence-electron chi connectivity index (χ1n) is 16.9. The molecule has 0 radical (unpaired) electrons. The number of hydrazine groups is 1. The minimum atomic E-state index is 0.120. The Hall–Kier alpha value is -0.890. The molecule has 5 fully saturated rings. The van der Waals surface area contributed by atoms with Gasteiger partial charge in [-0.1, -0.05) is 26.2 Å². The molecule has 1 aliphatic carbocycles. The van der Waals surface area contributed by atoms with E-state index in [4.69, 9.17) is 0 Å². The zero-order valence-corrected chi connectivity index (χ0v) is 25.5. The molecule has 236 valence electrons. The van der Waals surface area contributed by atoms with Crippen LogP contribution >= 0.6 is 0 Å². The van der Waals surface area contributed by atoms with Crippen molar-refractivity contribution in [3.05, 3.63) is 0 Å². The van der Waals surface area contributed by atoms with Crippen LogP contribution in [0, 0.1) is 17.8 Å². The molecule has 4 heterocycles. The zero-order valence-electron chi connectivity index (χ0n) is 25.5. The minimum absolute atomic E-state index is 0.120. The molecular formula is C30H59N9O2. The molecule has 8 atom stereocenters. The SMILES string of the molecule is CCC1CNCCC1CNC(=O)C1CCCC(NCC2NNC(C3CCNCN3)N2CCN2CCCCC2CO)C1. The summed E-state index contributed by atoms with van der Waals surface area (Å²) in [5.74, 6) is 1.67. The third kappa shape index (κ3) is 8.61. The van der Waals surface area contributed by atoms with Gasteiger partial charge in [0, 0.05) is 56.9 Å². The zero-order chi connectivity index (χ0) is 28.4. The van der Waals surface area contributed by atoms with Crippen LogP contribution in [0.15, 0.2) is 0 Å². The smallest absolute Gasteiger partial charge is 0.223 e. The van der Waals surface area contributed by atoms with Gasteiger partial charge in [-0.15, -0.1) is 0 Å². The molecule has 0 aromatic carbocycles. The van der Waals surface area contributed by atoms with Crippen molar-refractivity contribution in [1.82, 2.24) is 47.2 Å². The van der Waals surface area contributed by atoms with Crippen molar-refractivity contribution in [1.29, 1.82) is 0 Å². The largest absolute Gasteiger partial charge is 0.395 e. The van der Waals surface area contributed by atoms with Crippen LogP contribution in [0.2, 0.25) is 0 Å². The van der Waals surface area contributed by atoms with Crippen molar-refractivity contribution < 1.29 is 9.90 Å². The third-order valence-electron chi connectivity index (χ3n) is 10.7. The number of hydrogen-bond donors (Lipinski definition) is 8. The number of nitrogens with zero attached hydrogens (tertiary/aromatic N) is 2. The average Bonchev–Trinajstić information content (AvgIpc) is 3.45. The van der Waals surface area contributed by atoms with Gasteiger partial charge in [0.05, 0.1) is 18.9 Å². The highest BCUT2D eigenvalue weighted by Crippen LogP contribution is 2.26. The van der Waals surface area contributed by atoms with E-state index in [1.807, 2.05) is 0 Å².